The van der Waals surface area contributed by atoms with Crippen molar-refractivity contribution >= 4 is 28.9 Å². The summed E-state index contributed by atoms with van der Waals surface area (Å²) in [4.78, 5) is 15.1. The van der Waals surface area contributed by atoms with Crippen molar-refractivity contribution in [1.29, 1.82) is 0 Å². The van der Waals surface area contributed by atoms with Crippen molar-refractivity contribution in [2.75, 3.05) is 44.4 Å². The van der Waals surface area contributed by atoms with E-state index in [9.17, 15) is 4.79 Å². The molecule has 0 heterocycles. The molecule has 2 rings (SSSR count). The van der Waals surface area contributed by atoms with Gasteiger partial charge in [-0.05, 0) is 68.9 Å². The highest BCUT2D eigenvalue weighted by Gasteiger charge is 2.20. The molecule has 1 unspecified atom stereocenters. The lowest BCUT2D eigenvalue weighted by molar-refractivity contribution is -0.118. The summed E-state index contributed by atoms with van der Waals surface area (Å²) in [6.07, 6.45) is 1.07. The van der Waals surface area contributed by atoms with Crippen LogP contribution in [0.4, 0.5) is 11.4 Å². The minimum Gasteiger partial charge on any atom is -0.385 e. The predicted octanol–water partition coefficient (Wildman–Crippen LogP) is 4.30. The Morgan fingerprint density at radius 2 is 1.93 bits per heavy atom. The van der Waals surface area contributed by atoms with Crippen LogP contribution in [0.2, 0.25) is 5.02 Å². The first-order chi connectivity index (χ1) is 13.4. The maximum absolute atomic E-state index is 13.0. The fourth-order valence-corrected chi connectivity index (χ4v) is 3.09. The molecule has 0 aliphatic heterocycles. The third-order valence-electron chi connectivity index (χ3n) is 4.41. The van der Waals surface area contributed by atoms with Gasteiger partial charge in [0.2, 0.25) is 5.91 Å². The number of nitrogens with zero attached hydrogens (tertiary/aromatic N) is 1. The van der Waals surface area contributed by atoms with Crippen molar-refractivity contribution in [3.05, 3.63) is 58.6 Å². The van der Waals surface area contributed by atoms with E-state index in [1.165, 1.54) is 0 Å². The molecule has 0 saturated carbocycles. The number of likely N-dealkylation sites (N-methyl/N-ethyl adjacent to an activating group) is 1. The number of amides is 1. The van der Waals surface area contributed by atoms with Crippen LogP contribution < -0.4 is 16.0 Å². The average molecular weight is 403 g/mol. The predicted molar refractivity (Wildman–Crippen MR) is 119 cm³/mol. The van der Waals surface area contributed by atoms with Gasteiger partial charge in [-0.2, -0.15) is 0 Å². The summed E-state index contributed by atoms with van der Waals surface area (Å²) in [5.74, 6) is -0.102. The molecule has 0 aliphatic carbocycles. The third-order valence-corrected chi connectivity index (χ3v) is 4.65. The zero-order valence-electron chi connectivity index (χ0n) is 17.2. The number of rotatable bonds is 10. The van der Waals surface area contributed by atoms with E-state index in [1.54, 1.807) is 0 Å². The Morgan fingerprint density at radius 1 is 1.14 bits per heavy atom. The van der Waals surface area contributed by atoms with Crippen molar-refractivity contribution < 1.29 is 4.79 Å². The molecule has 0 saturated heterocycles. The lowest BCUT2D eigenvalue weighted by Crippen LogP contribution is -2.36. The van der Waals surface area contributed by atoms with E-state index in [0.29, 0.717) is 11.6 Å². The highest BCUT2D eigenvalue weighted by Crippen LogP contribution is 2.23. The van der Waals surface area contributed by atoms with E-state index in [4.69, 9.17) is 11.6 Å². The summed E-state index contributed by atoms with van der Waals surface area (Å²) in [5, 5.41) is 10.4. The number of hydrogen-bond acceptors (Lipinski definition) is 4. The van der Waals surface area contributed by atoms with E-state index in [1.807, 2.05) is 63.5 Å². The second-order valence-corrected chi connectivity index (χ2v) is 7.63. The number of nitrogens with one attached hydrogen (secondary N) is 3. The Morgan fingerprint density at radius 3 is 2.57 bits per heavy atom. The average Bonchev–Trinajstić information content (AvgIpc) is 2.64. The van der Waals surface area contributed by atoms with Gasteiger partial charge in [0.05, 0.1) is 0 Å². The minimum atomic E-state index is -0.475. The summed E-state index contributed by atoms with van der Waals surface area (Å²) in [6.45, 7) is 6.63. The summed E-state index contributed by atoms with van der Waals surface area (Å²) >= 11 is 6.14. The van der Waals surface area contributed by atoms with Gasteiger partial charge < -0.3 is 20.9 Å². The van der Waals surface area contributed by atoms with Gasteiger partial charge in [0, 0.05) is 36.0 Å². The molecular weight excluding hydrogens is 372 g/mol. The molecule has 0 aromatic heterocycles. The van der Waals surface area contributed by atoms with Crippen molar-refractivity contribution in [2.45, 2.75) is 26.3 Å². The standard InChI is InChI=1S/C22H31ClN4O/c1-5-11-24-20-10-9-19(14-16(20)2)26-22(28)21(25-12-13-27(3)4)17-7-6-8-18(23)15-17/h6-10,14-15,21,24-25H,5,11-13H2,1-4H3,(H,26,28). The van der Waals surface area contributed by atoms with Crippen molar-refractivity contribution in [1.82, 2.24) is 10.2 Å². The molecule has 1 amide bonds. The van der Waals surface area contributed by atoms with E-state index < -0.39 is 6.04 Å². The quantitative estimate of drug-likeness (QED) is 0.554. The smallest absolute Gasteiger partial charge is 0.246 e. The van der Waals surface area contributed by atoms with E-state index in [0.717, 1.165) is 42.0 Å². The van der Waals surface area contributed by atoms with Gasteiger partial charge in [0.15, 0.2) is 0 Å². The molecule has 2 aromatic carbocycles. The zero-order valence-corrected chi connectivity index (χ0v) is 17.9. The third kappa shape index (κ3) is 6.82. The first-order valence-corrected chi connectivity index (χ1v) is 10.1. The number of carbonyl (C=O) groups is 1. The fourth-order valence-electron chi connectivity index (χ4n) is 2.89. The van der Waals surface area contributed by atoms with Crippen LogP contribution in [-0.4, -0.2) is 44.5 Å². The largest absolute Gasteiger partial charge is 0.385 e. The second-order valence-electron chi connectivity index (χ2n) is 7.19. The Balaban J connectivity index is 2.14. The molecule has 6 heteroatoms. The minimum absolute atomic E-state index is 0.102. The van der Waals surface area contributed by atoms with Gasteiger partial charge in [-0.25, -0.2) is 0 Å². The van der Waals surface area contributed by atoms with Crippen LogP contribution in [0.25, 0.3) is 0 Å². The maximum atomic E-state index is 13.0. The molecule has 0 aliphatic rings. The van der Waals surface area contributed by atoms with Crippen molar-refractivity contribution in [3.8, 4) is 0 Å². The van der Waals surface area contributed by atoms with Crippen LogP contribution in [0.15, 0.2) is 42.5 Å². The first-order valence-electron chi connectivity index (χ1n) is 9.69. The highest BCUT2D eigenvalue weighted by atomic mass is 35.5. The summed E-state index contributed by atoms with van der Waals surface area (Å²) in [6, 6.07) is 12.9. The van der Waals surface area contributed by atoms with Gasteiger partial charge in [-0.3, -0.25) is 4.79 Å². The second kappa shape index (κ2) is 11.1. The lowest BCUT2D eigenvalue weighted by atomic mass is 10.1. The van der Waals surface area contributed by atoms with E-state index in [2.05, 4.69) is 27.8 Å². The Kier molecular flexibility index (Phi) is 8.77. The SMILES string of the molecule is CCCNc1ccc(NC(=O)C(NCCN(C)C)c2cccc(Cl)c2)cc1C. The number of anilines is 2. The normalized spacial score (nSPS) is 12.1. The molecule has 152 valence electrons. The Bertz CT molecular complexity index is 779. The van der Waals surface area contributed by atoms with Crippen molar-refractivity contribution in [2.24, 2.45) is 0 Å². The van der Waals surface area contributed by atoms with Gasteiger partial charge >= 0.3 is 0 Å². The molecule has 1 atom stereocenters. The number of benzene rings is 2. The zero-order chi connectivity index (χ0) is 20.5. The van der Waals surface area contributed by atoms with Gasteiger partial charge in [0.25, 0.3) is 0 Å². The van der Waals surface area contributed by atoms with E-state index in [-0.39, 0.29) is 5.91 Å². The van der Waals surface area contributed by atoms with E-state index >= 15 is 0 Å². The molecule has 0 fully saturated rings. The molecule has 0 spiro atoms. The number of hydrogen-bond donors (Lipinski definition) is 3. The van der Waals surface area contributed by atoms with Crippen molar-refractivity contribution in [3.63, 3.8) is 0 Å². The molecule has 3 N–H and O–H groups in total. The van der Waals surface area contributed by atoms with Gasteiger partial charge in [0.1, 0.15) is 6.04 Å². The fraction of sp³-hybridized carbons (Fsp3) is 0.409. The summed E-state index contributed by atoms with van der Waals surface area (Å²) in [5.41, 5.74) is 3.83. The summed E-state index contributed by atoms with van der Waals surface area (Å²) < 4.78 is 0. The van der Waals surface area contributed by atoms with Crippen LogP contribution >= 0.6 is 11.6 Å². The molecule has 5 nitrogen and oxygen atoms in total. The monoisotopic (exact) mass is 402 g/mol. The number of halogens is 1. The maximum Gasteiger partial charge on any atom is 0.246 e. The van der Waals surface area contributed by atoms with Crippen LogP contribution in [0.5, 0.6) is 0 Å². The lowest BCUT2D eigenvalue weighted by Gasteiger charge is -2.21. The molecular formula is C22H31ClN4O. The van der Waals surface area contributed by atoms with Crippen LogP contribution in [0.3, 0.4) is 0 Å². The number of carbonyl (C=O) groups excluding carboxylic acids is 1. The van der Waals surface area contributed by atoms with Gasteiger partial charge in [-0.1, -0.05) is 30.7 Å². The van der Waals surface area contributed by atoms with Crippen LogP contribution in [-0.2, 0) is 4.79 Å². The molecule has 28 heavy (non-hydrogen) atoms. The Labute approximate surface area is 173 Å². The first kappa shape index (κ1) is 22.2. The molecule has 0 radical (unpaired) electrons. The summed E-state index contributed by atoms with van der Waals surface area (Å²) in [7, 11) is 4.01. The highest BCUT2D eigenvalue weighted by molar-refractivity contribution is 6.30. The molecule has 0 bridgehead atoms. The van der Waals surface area contributed by atoms with Crippen LogP contribution in [0, 0.1) is 6.92 Å². The Hall–Kier alpha value is -2.08. The topological polar surface area (TPSA) is 56.4 Å². The molecule has 2 aromatic rings. The van der Waals surface area contributed by atoms with Gasteiger partial charge in [-0.15, -0.1) is 0 Å². The van der Waals surface area contributed by atoms with Crippen LogP contribution in [0.1, 0.15) is 30.5 Å². The number of aryl methyl sites for hydroxylation is 1.